The van der Waals surface area contributed by atoms with Crippen molar-refractivity contribution in [1.29, 1.82) is 0 Å². The van der Waals surface area contributed by atoms with Crippen LogP contribution in [0.25, 0.3) is 0 Å². The number of rotatable bonds is 3. The molecular formula is C16H17ClN2S. The molecule has 0 amide bonds. The molecule has 3 rings (SSSR count). The Balaban J connectivity index is 1.98. The van der Waals surface area contributed by atoms with E-state index >= 15 is 0 Å². The first-order valence-corrected chi connectivity index (χ1v) is 8.11. The molecule has 1 aliphatic carbocycles. The fraction of sp³-hybridized carbons (Fsp3) is 0.312. The number of nitrogens with zero attached hydrogens (tertiary/aromatic N) is 1. The van der Waals surface area contributed by atoms with Gasteiger partial charge in [0.25, 0.3) is 0 Å². The molecule has 0 fully saturated rings. The lowest BCUT2D eigenvalue weighted by molar-refractivity contribution is 0.656. The predicted octanol–water partition coefficient (Wildman–Crippen LogP) is 4.22. The average Bonchev–Trinajstić information content (AvgIpc) is 2.49. The Bertz CT molecular complexity index is 628. The van der Waals surface area contributed by atoms with E-state index in [-0.39, 0.29) is 0 Å². The molecule has 0 radical (unpaired) electrons. The third kappa shape index (κ3) is 2.85. The van der Waals surface area contributed by atoms with E-state index in [2.05, 4.69) is 6.07 Å². The summed E-state index contributed by atoms with van der Waals surface area (Å²) in [7, 11) is 0. The van der Waals surface area contributed by atoms with Crippen molar-refractivity contribution in [3.05, 3.63) is 52.2 Å². The highest BCUT2D eigenvalue weighted by atomic mass is 35.5. The molecule has 20 heavy (non-hydrogen) atoms. The largest absolute Gasteiger partial charge is 0.326 e. The summed E-state index contributed by atoms with van der Waals surface area (Å²) in [4.78, 5) is 5.88. The van der Waals surface area contributed by atoms with Crippen molar-refractivity contribution in [3.63, 3.8) is 0 Å². The van der Waals surface area contributed by atoms with E-state index in [1.807, 2.05) is 24.3 Å². The summed E-state index contributed by atoms with van der Waals surface area (Å²) in [5.41, 5.74) is 9.62. The fourth-order valence-electron chi connectivity index (χ4n) is 2.53. The highest BCUT2D eigenvalue weighted by Gasteiger charge is 2.15. The molecule has 104 valence electrons. The first-order valence-electron chi connectivity index (χ1n) is 6.92. The van der Waals surface area contributed by atoms with Gasteiger partial charge < -0.3 is 5.73 Å². The van der Waals surface area contributed by atoms with Crippen molar-refractivity contribution in [3.8, 4) is 0 Å². The number of aromatic nitrogens is 1. The molecule has 4 heteroatoms. The van der Waals surface area contributed by atoms with Crippen molar-refractivity contribution in [2.45, 2.75) is 42.1 Å². The summed E-state index contributed by atoms with van der Waals surface area (Å²) < 4.78 is 0. The zero-order valence-corrected chi connectivity index (χ0v) is 12.8. The smallest absolute Gasteiger partial charge is 0.106 e. The van der Waals surface area contributed by atoms with Gasteiger partial charge >= 0.3 is 0 Å². The standard InChI is InChI=1S/C16H17ClN2S/c17-13-6-2-4-8-15(13)20-16-12(10-18)9-11-5-1-3-7-14(11)19-16/h2,4,6,8-9H,1,3,5,7,10,18H2. The van der Waals surface area contributed by atoms with E-state index < -0.39 is 0 Å². The zero-order chi connectivity index (χ0) is 13.9. The van der Waals surface area contributed by atoms with Gasteiger partial charge in [0.15, 0.2) is 0 Å². The lowest BCUT2D eigenvalue weighted by atomic mass is 9.95. The van der Waals surface area contributed by atoms with Gasteiger partial charge in [0.2, 0.25) is 0 Å². The summed E-state index contributed by atoms with van der Waals surface area (Å²) >= 11 is 7.85. The van der Waals surface area contributed by atoms with Crippen LogP contribution in [0.5, 0.6) is 0 Å². The molecule has 0 spiro atoms. The van der Waals surface area contributed by atoms with E-state index in [0.717, 1.165) is 33.3 Å². The molecule has 1 aromatic carbocycles. The number of aryl methyl sites for hydroxylation is 2. The molecule has 0 saturated carbocycles. The summed E-state index contributed by atoms with van der Waals surface area (Å²) in [5.74, 6) is 0. The highest BCUT2D eigenvalue weighted by molar-refractivity contribution is 7.99. The summed E-state index contributed by atoms with van der Waals surface area (Å²) in [5, 5.41) is 1.77. The second kappa shape index (κ2) is 6.17. The number of hydrogen-bond donors (Lipinski definition) is 1. The van der Waals surface area contributed by atoms with Crippen LogP contribution in [0.1, 0.15) is 29.7 Å². The van der Waals surface area contributed by atoms with Gasteiger partial charge in [-0.3, -0.25) is 0 Å². The number of fused-ring (bicyclic) bond motifs is 1. The number of nitrogens with two attached hydrogens (primary N) is 1. The third-order valence-corrected chi connectivity index (χ3v) is 5.17. The van der Waals surface area contributed by atoms with E-state index in [1.165, 1.54) is 24.1 Å². The fourth-order valence-corrected chi connectivity index (χ4v) is 3.73. The number of hydrogen-bond acceptors (Lipinski definition) is 3. The van der Waals surface area contributed by atoms with Crippen LogP contribution in [0, 0.1) is 0 Å². The predicted molar refractivity (Wildman–Crippen MR) is 84.3 cm³/mol. The van der Waals surface area contributed by atoms with Gasteiger partial charge in [-0.1, -0.05) is 41.6 Å². The van der Waals surface area contributed by atoms with Crippen LogP contribution in [0.4, 0.5) is 0 Å². The molecule has 0 unspecified atom stereocenters. The van der Waals surface area contributed by atoms with Crippen LogP contribution in [-0.2, 0) is 19.4 Å². The Morgan fingerprint density at radius 2 is 2.00 bits per heavy atom. The molecule has 2 nitrogen and oxygen atoms in total. The monoisotopic (exact) mass is 304 g/mol. The van der Waals surface area contributed by atoms with Crippen LogP contribution < -0.4 is 5.73 Å². The first-order chi connectivity index (χ1) is 9.78. The van der Waals surface area contributed by atoms with Crippen LogP contribution in [0.3, 0.4) is 0 Å². The van der Waals surface area contributed by atoms with Gasteiger partial charge in [0, 0.05) is 17.1 Å². The molecule has 2 aromatic rings. The second-order valence-corrected chi connectivity index (χ2v) is 6.44. The summed E-state index contributed by atoms with van der Waals surface area (Å²) in [6, 6.07) is 10.1. The number of benzene rings is 1. The molecule has 0 atom stereocenters. The Morgan fingerprint density at radius 3 is 2.80 bits per heavy atom. The molecule has 1 aromatic heterocycles. The van der Waals surface area contributed by atoms with Gasteiger partial charge in [0.1, 0.15) is 5.03 Å². The normalized spacial score (nSPS) is 14.1. The van der Waals surface area contributed by atoms with E-state index in [1.54, 1.807) is 11.8 Å². The quantitative estimate of drug-likeness (QED) is 0.922. The SMILES string of the molecule is NCc1cc2c(nc1Sc1ccccc1Cl)CCCC2. The molecule has 1 aliphatic rings. The Labute approximate surface area is 128 Å². The van der Waals surface area contributed by atoms with Crippen LogP contribution in [0.2, 0.25) is 5.02 Å². The van der Waals surface area contributed by atoms with Crippen molar-refractivity contribution >= 4 is 23.4 Å². The molecular weight excluding hydrogens is 288 g/mol. The topological polar surface area (TPSA) is 38.9 Å². The summed E-state index contributed by atoms with van der Waals surface area (Å²) in [6.07, 6.45) is 4.70. The lowest BCUT2D eigenvalue weighted by Crippen LogP contribution is -2.10. The zero-order valence-electron chi connectivity index (χ0n) is 11.2. The van der Waals surface area contributed by atoms with Crippen LogP contribution in [0.15, 0.2) is 40.3 Å². The molecule has 0 saturated heterocycles. The first kappa shape index (κ1) is 13.9. The van der Waals surface area contributed by atoms with Gasteiger partial charge in [-0.05, 0) is 48.9 Å². The van der Waals surface area contributed by atoms with Crippen LogP contribution in [-0.4, -0.2) is 4.98 Å². The molecule has 0 bridgehead atoms. The Hall–Kier alpha value is -1.03. The maximum absolute atomic E-state index is 6.23. The van der Waals surface area contributed by atoms with Crippen molar-refractivity contribution in [1.82, 2.24) is 4.98 Å². The summed E-state index contributed by atoms with van der Waals surface area (Å²) in [6.45, 7) is 0.521. The van der Waals surface area contributed by atoms with Gasteiger partial charge in [-0.2, -0.15) is 0 Å². The minimum absolute atomic E-state index is 0.521. The Kier molecular flexibility index (Phi) is 4.29. The van der Waals surface area contributed by atoms with Gasteiger partial charge in [0.05, 0.1) is 5.02 Å². The second-order valence-electron chi connectivity index (χ2n) is 5.00. The van der Waals surface area contributed by atoms with E-state index in [4.69, 9.17) is 22.3 Å². The van der Waals surface area contributed by atoms with Crippen LogP contribution >= 0.6 is 23.4 Å². The van der Waals surface area contributed by atoms with Crippen molar-refractivity contribution in [2.24, 2.45) is 5.73 Å². The van der Waals surface area contributed by atoms with Crippen molar-refractivity contribution in [2.75, 3.05) is 0 Å². The molecule has 0 aliphatic heterocycles. The van der Waals surface area contributed by atoms with Crippen molar-refractivity contribution < 1.29 is 0 Å². The number of halogens is 1. The molecule has 2 N–H and O–H groups in total. The third-order valence-electron chi connectivity index (χ3n) is 3.60. The lowest BCUT2D eigenvalue weighted by Gasteiger charge is -2.18. The molecule has 1 heterocycles. The Morgan fingerprint density at radius 1 is 1.20 bits per heavy atom. The van der Waals surface area contributed by atoms with Gasteiger partial charge in [-0.15, -0.1) is 0 Å². The minimum atomic E-state index is 0.521. The average molecular weight is 305 g/mol. The minimum Gasteiger partial charge on any atom is -0.326 e. The maximum Gasteiger partial charge on any atom is 0.106 e. The van der Waals surface area contributed by atoms with Gasteiger partial charge in [-0.25, -0.2) is 4.98 Å². The highest BCUT2D eigenvalue weighted by Crippen LogP contribution is 2.35. The van der Waals surface area contributed by atoms with E-state index in [0.29, 0.717) is 6.54 Å². The number of pyridine rings is 1. The van der Waals surface area contributed by atoms with E-state index in [9.17, 15) is 0 Å². The maximum atomic E-state index is 6.23.